The fraction of sp³-hybridized carbons (Fsp3) is 1.00. The van der Waals surface area contributed by atoms with Crippen LogP contribution in [0, 0.1) is 11.3 Å². The highest BCUT2D eigenvalue weighted by atomic mass is 16.5. The van der Waals surface area contributed by atoms with E-state index in [9.17, 15) is 0 Å². The Balaban J connectivity index is 1.83. The maximum atomic E-state index is 6.56. The van der Waals surface area contributed by atoms with Crippen molar-refractivity contribution >= 4 is 0 Å². The molecule has 0 spiro atoms. The summed E-state index contributed by atoms with van der Waals surface area (Å²) in [4.78, 5) is 0. The molecule has 0 saturated heterocycles. The zero-order valence-electron chi connectivity index (χ0n) is 13.9. The smallest absolute Gasteiger partial charge is 0.0808 e. The molecule has 0 aliphatic heterocycles. The Hall–Kier alpha value is -0.0800. The quantitative estimate of drug-likeness (QED) is 0.795. The second kappa shape index (κ2) is 6.79. The molecule has 2 aliphatic rings. The Labute approximate surface area is 125 Å². The molecule has 2 saturated carbocycles. The molecule has 20 heavy (non-hydrogen) atoms. The van der Waals surface area contributed by atoms with Crippen molar-refractivity contribution in [3.05, 3.63) is 0 Å². The van der Waals surface area contributed by atoms with E-state index >= 15 is 0 Å². The van der Waals surface area contributed by atoms with Crippen molar-refractivity contribution in [3.63, 3.8) is 0 Å². The van der Waals surface area contributed by atoms with Crippen molar-refractivity contribution in [2.75, 3.05) is 6.54 Å². The largest absolute Gasteiger partial charge is 0.370 e. The fourth-order valence-corrected chi connectivity index (χ4v) is 4.11. The normalized spacial score (nSPS) is 35.1. The van der Waals surface area contributed by atoms with E-state index in [4.69, 9.17) is 10.5 Å². The first-order valence-corrected chi connectivity index (χ1v) is 8.86. The van der Waals surface area contributed by atoms with Gasteiger partial charge in [0.2, 0.25) is 0 Å². The monoisotopic (exact) mass is 281 g/mol. The Bertz CT molecular complexity index is 282. The summed E-state index contributed by atoms with van der Waals surface area (Å²) in [5.74, 6) is 0.925. The van der Waals surface area contributed by atoms with Crippen LogP contribution in [0.3, 0.4) is 0 Å². The van der Waals surface area contributed by atoms with Crippen molar-refractivity contribution in [1.29, 1.82) is 0 Å². The lowest BCUT2D eigenvalue weighted by Crippen LogP contribution is -2.47. The van der Waals surface area contributed by atoms with Crippen LogP contribution >= 0.6 is 0 Å². The van der Waals surface area contributed by atoms with Crippen molar-refractivity contribution in [2.45, 2.75) is 96.7 Å². The third-order valence-electron chi connectivity index (χ3n) is 5.79. The maximum Gasteiger partial charge on any atom is 0.0808 e. The van der Waals surface area contributed by atoms with E-state index in [1.54, 1.807) is 0 Å². The number of hydrogen-bond donors (Lipinski definition) is 1. The molecule has 0 aromatic rings. The second-order valence-corrected chi connectivity index (χ2v) is 8.10. The minimum absolute atomic E-state index is 0.0103. The van der Waals surface area contributed by atoms with Gasteiger partial charge in [0.05, 0.1) is 11.7 Å². The van der Waals surface area contributed by atoms with Crippen molar-refractivity contribution in [3.8, 4) is 0 Å². The van der Waals surface area contributed by atoms with Crippen LogP contribution in [-0.2, 0) is 4.74 Å². The van der Waals surface area contributed by atoms with Crippen LogP contribution in [0.5, 0.6) is 0 Å². The maximum absolute atomic E-state index is 6.56. The van der Waals surface area contributed by atoms with Gasteiger partial charge < -0.3 is 10.5 Å². The molecule has 0 aromatic carbocycles. The summed E-state index contributed by atoms with van der Waals surface area (Å²) in [7, 11) is 0. The molecule has 0 radical (unpaired) electrons. The number of hydrogen-bond acceptors (Lipinski definition) is 2. The minimum atomic E-state index is 0.0103. The number of ether oxygens (including phenoxy) is 1. The molecule has 118 valence electrons. The Morgan fingerprint density at radius 1 is 1.00 bits per heavy atom. The van der Waals surface area contributed by atoms with E-state index < -0.39 is 0 Å². The summed E-state index contributed by atoms with van der Waals surface area (Å²) in [6, 6.07) is 0. The first-order valence-electron chi connectivity index (χ1n) is 8.86. The molecule has 2 heteroatoms. The standard InChI is InChI=1S/C18H35NO/c1-4-5-15-6-12-18(14-19,13-7-15)20-16-8-10-17(2,3)11-9-16/h15-16H,4-14,19H2,1-3H3. The summed E-state index contributed by atoms with van der Waals surface area (Å²) < 4.78 is 6.56. The SMILES string of the molecule is CCCC1CCC(CN)(OC2CCC(C)(C)CC2)CC1. The van der Waals surface area contributed by atoms with Gasteiger partial charge in [-0.15, -0.1) is 0 Å². The molecular formula is C18H35NO. The molecule has 0 bridgehead atoms. The lowest BCUT2D eigenvalue weighted by molar-refractivity contribution is -0.130. The van der Waals surface area contributed by atoms with Gasteiger partial charge in [0, 0.05) is 6.54 Å². The molecule has 0 atom stereocenters. The van der Waals surface area contributed by atoms with E-state index in [1.165, 1.54) is 64.2 Å². The lowest BCUT2D eigenvalue weighted by Gasteiger charge is -2.44. The zero-order chi connectivity index (χ0) is 14.6. The van der Waals surface area contributed by atoms with Gasteiger partial charge in [0.15, 0.2) is 0 Å². The van der Waals surface area contributed by atoms with Crippen LogP contribution in [0.2, 0.25) is 0 Å². The predicted molar refractivity (Wildman–Crippen MR) is 85.8 cm³/mol. The molecule has 0 aromatic heterocycles. The van der Waals surface area contributed by atoms with Crippen LogP contribution in [0.25, 0.3) is 0 Å². The molecule has 2 N–H and O–H groups in total. The summed E-state index contributed by atoms with van der Waals surface area (Å²) >= 11 is 0. The van der Waals surface area contributed by atoms with E-state index in [1.807, 2.05) is 0 Å². The molecule has 0 amide bonds. The Kier molecular flexibility index (Phi) is 5.53. The zero-order valence-corrected chi connectivity index (χ0v) is 13.9. The van der Waals surface area contributed by atoms with Crippen LogP contribution in [0.1, 0.15) is 85.0 Å². The second-order valence-electron chi connectivity index (χ2n) is 8.10. The van der Waals surface area contributed by atoms with Gasteiger partial charge in [0.25, 0.3) is 0 Å². The summed E-state index contributed by atoms with van der Waals surface area (Å²) in [5, 5.41) is 0. The van der Waals surface area contributed by atoms with E-state index in [2.05, 4.69) is 20.8 Å². The molecule has 0 heterocycles. The molecule has 2 fully saturated rings. The van der Waals surface area contributed by atoms with Gasteiger partial charge in [0.1, 0.15) is 0 Å². The highest BCUT2D eigenvalue weighted by Crippen LogP contribution is 2.41. The third kappa shape index (κ3) is 4.21. The molecule has 2 rings (SSSR count). The summed E-state index contributed by atoms with van der Waals surface area (Å²) in [6.45, 7) is 7.78. The fourth-order valence-electron chi connectivity index (χ4n) is 4.11. The minimum Gasteiger partial charge on any atom is -0.370 e. The van der Waals surface area contributed by atoms with Gasteiger partial charge in [-0.05, 0) is 62.7 Å². The average molecular weight is 281 g/mol. The highest BCUT2D eigenvalue weighted by Gasteiger charge is 2.38. The van der Waals surface area contributed by atoms with Gasteiger partial charge >= 0.3 is 0 Å². The Morgan fingerprint density at radius 3 is 2.10 bits per heavy atom. The van der Waals surface area contributed by atoms with Crippen LogP contribution in [0.15, 0.2) is 0 Å². The summed E-state index contributed by atoms with van der Waals surface area (Å²) in [5.41, 5.74) is 6.64. The summed E-state index contributed by atoms with van der Waals surface area (Å²) in [6.07, 6.45) is 13.3. The first-order chi connectivity index (χ1) is 9.49. The highest BCUT2D eigenvalue weighted by molar-refractivity contribution is 4.90. The molecule has 2 nitrogen and oxygen atoms in total. The van der Waals surface area contributed by atoms with E-state index in [-0.39, 0.29) is 5.60 Å². The number of rotatable bonds is 5. The average Bonchev–Trinajstić information content (AvgIpc) is 2.44. The molecule has 2 aliphatic carbocycles. The van der Waals surface area contributed by atoms with Crippen molar-refractivity contribution in [1.82, 2.24) is 0 Å². The van der Waals surface area contributed by atoms with Crippen LogP contribution < -0.4 is 5.73 Å². The van der Waals surface area contributed by atoms with Gasteiger partial charge in [-0.1, -0.05) is 33.6 Å². The predicted octanol–water partition coefficient (Wildman–Crippen LogP) is 4.66. The first kappa shape index (κ1) is 16.3. The van der Waals surface area contributed by atoms with Crippen LogP contribution in [0.4, 0.5) is 0 Å². The van der Waals surface area contributed by atoms with E-state index in [0.29, 0.717) is 18.1 Å². The lowest BCUT2D eigenvalue weighted by atomic mass is 9.75. The molecule has 0 unspecified atom stereocenters. The number of nitrogens with two attached hydrogens (primary N) is 1. The molecular weight excluding hydrogens is 246 g/mol. The van der Waals surface area contributed by atoms with Gasteiger partial charge in [-0.25, -0.2) is 0 Å². The Morgan fingerprint density at radius 2 is 1.60 bits per heavy atom. The van der Waals surface area contributed by atoms with E-state index in [0.717, 1.165) is 5.92 Å². The van der Waals surface area contributed by atoms with Crippen molar-refractivity contribution < 1.29 is 4.74 Å². The van der Waals surface area contributed by atoms with Crippen LogP contribution in [-0.4, -0.2) is 18.2 Å². The third-order valence-corrected chi connectivity index (χ3v) is 5.79. The van der Waals surface area contributed by atoms with Crippen molar-refractivity contribution in [2.24, 2.45) is 17.1 Å². The topological polar surface area (TPSA) is 35.2 Å². The van der Waals surface area contributed by atoms with Gasteiger partial charge in [-0.3, -0.25) is 0 Å². The van der Waals surface area contributed by atoms with Gasteiger partial charge in [-0.2, -0.15) is 0 Å².